The Hall–Kier alpha value is -0.970. The maximum absolute atomic E-state index is 10.7. The third kappa shape index (κ3) is 1.13. The lowest BCUT2D eigenvalue weighted by Crippen LogP contribution is -2.07. The number of H-pyrrole nitrogens is 1. The summed E-state index contributed by atoms with van der Waals surface area (Å²) in [6.45, 7) is 3.17. The Bertz CT molecular complexity index is 311. The highest BCUT2D eigenvalue weighted by Crippen LogP contribution is 1.89. The van der Waals surface area contributed by atoms with Gasteiger partial charge < -0.3 is 0 Å². The smallest absolute Gasteiger partial charge is 0.244 e. The molecule has 0 fully saturated rings. The molecule has 5 heteroatoms. The highest BCUT2D eigenvalue weighted by Gasteiger charge is 1.99. The van der Waals surface area contributed by atoms with Gasteiger partial charge in [-0.3, -0.25) is 9.89 Å². The zero-order chi connectivity index (χ0) is 7.72. The summed E-state index contributed by atoms with van der Waals surface area (Å²) >= 11 is 4.75. The molecule has 0 aliphatic heterocycles. The molecule has 4 nitrogen and oxygen atoms in total. The molecule has 0 bridgehead atoms. The van der Waals surface area contributed by atoms with Gasteiger partial charge in [0, 0.05) is 6.92 Å². The largest absolute Gasteiger partial charge is 0.276 e. The summed E-state index contributed by atoms with van der Waals surface area (Å²) < 4.78 is 1.51. The van der Waals surface area contributed by atoms with Crippen LogP contribution in [0.1, 0.15) is 17.5 Å². The first-order chi connectivity index (χ1) is 4.61. The lowest BCUT2D eigenvalue weighted by atomic mass is 10.7. The molecule has 10 heavy (non-hydrogen) atoms. The van der Waals surface area contributed by atoms with Crippen LogP contribution in [0.25, 0.3) is 0 Å². The standard InChI is InChI=1S/C5H7N3OS/c1-3-6-5(10)8(7-3)4(2)9/h1-2H3,(H,6,7,10). The topological polar surface area (TPSA) is 50.7 Å². The molecule has 0 spiro atoms. The number of nitrogens with one attached hydrogen (secondary N) is 1. The third-order valence-corrected chi connectivity index (χ3v) is 1.32. The second kappa shape index (κ2) is 2.34. The highest BCUT2D eigenvalue weighted by molar-refractivity contribution is 7.71. The van der Waals surface area contributed by atoms with Gasteiger partial charge in [0.15, 0.2) is 0 Å². The fourth-order valence-corrected chi connectivity index (χ4v) is 0.953. The summed E-state index contributed by atoms with van der Waals surface area (Å²) in [5.74, 6) is 0.505. The first-order valence-corrected chi connectivity index (χ1v) is 3.18. The maximum Gasteiger partial charge on any atom is 0.244 e. The molecule has 0 saturated carbocycles. The van der Waals surface area contributed by atoms with Crippen molar-refractivity contribution < 1.29 is 4.79 Å². The first kappa shape index (κ1) is 7.14. The Balaban J connectivity index is 3.29. The van der Waals surface area contributed by atoms with Crippen LogP contribution in [0.4, 0.5) is 0 Å². The molecule has 1 aromatic heterocycles. The molecule has 0 atom stereocenters. The quantitative estimate of drug-likeness (QED) is 0.569. The van der Waals surface area contributed by atoms with Gasteiger partial charge in [0.2, 0.25) is 10.7 Å². The maximum atomic E-state index is 10.7. The summed E-state index contributed by atoms with van der Waals surface area (Å²) in [5, 5.41) is 2.70. The monoisotopic (exact) mass is 157 g/mol. The SMILES string of the molecule is CC(=O)n1[nH]c(C)nc1=S. The van der Waals surface area contributed by atoms with Crippen molar-refractivity contribution in [2.24, 2.45) is 0 Å². The van der Waals surface area contributed by atoms with E-state index in [2.05, 4.69) is 10.1 Å². The van der Waals surface area contributed by atoms with Crippen LogP contribution in [-0.4, -0.2) is 20.7 Å². The first-order valence-electron chi connectivity index (χ1n) is 2.78. The van der Waals surface area contributed by atoms with Crippen molar-refractivity contribution in [3.05, 3.63) is 10.6 Å². The fourth-order valence-electron chi connectivity index (χ4n) is 0.642. The molecule has 0 aliphatic carbocycles. The molecule has 1 N–H and O–H groups in total. The van der Waals surface area contributed by atoms with Crippen LogP contribution in [0.5, 0.6) is 0 Å². The molecule has 1 heterocycles. The number of aromatic amines is 1. The molecule has 0 saturated heterocycles. The minimum atomic E-state index is -0.148. The van der Waals surface area contributed by atoms with E-state index in [0.29, 0.717) is 5.82 Å². The number of aryl methyl sites for hydroxylation is 1. The van der Waals surface area contributed by atoms with Crippen LogP contribution in [0, 0.1) is 11.7 Å². The number of rotatable bonds is 0. The molecule has 1 rings (SSSR count). The number of carbonyl (C=O) groups excluding carboxylic acids is 1. The number of carbonyl (C=O) groups is 1. The van der Waals surface area contributed by atoms with Crippen molar-refractivity contribution in [3.8, 4) is 0 Å². The van der Waals surface area contributed by atoms with Crippen molar-refractivity contribution >= 4 is 18.1 Å². The summed E-state index contributed by atoms with van der Waals surface area (Å²) in [6, 6.07) is 0. The van der Waals surface area contributed by atoms with E-state index in [-0.39, 0.29) is 10.7 Å². The van der Waals surface area contributed by atoms with Crippen LogP contribution in [0.2, 0.25) is 0 Å². The molecule has 0 unspecified atom stereocenters. The van der Waals surface area contributed by atoms with Gasteiger partial charge >= 0.3 is 0 Å². The number of aromatic nitrogens is 3. The van der Waals surface area contributed by atoms with E-state index in [9.17, 15) is 4.79 Å². The van der Waals surface area contributed by atoms with E-state index in [1.165, 1.54) is 11.6 Å². The predicted molar refractivity (Wildman–Crippen MR) is 38.4 cm³/mol. The van der Waals surface area contributed by atoms with Gasteiger partial charge in [0.05, 0.1) is 0 Å². The minimum absolute atomic E-state index is 0.148. The van der Waals surface area contributed by atoms with Gasteiger partial charge in [-0.05, 0) is 19.1 Å². The van der Waals surface area contributed by atoms with Gasteiger partial charge in [-0.15, -0.1) is 0 Å². The van der Waals surface area contributed by atoms with Gasteiger partial charge in [0.1, 0.15) is 5.82 Å². The van der Waals surface area contributed by atoms with Crippen molar-refractivity contribution in [1.82, 2.24) is 14.8 Å². The normalized spacial score (nSPS) is 9.80. The van der Waals surface area contributed by atoms with E-state index in [1.54, 1.807) is 6.92 Å². The average molecular weight is 157 g/mol. The molecule has 0 aliphatic rings. The Morgan fingerprint density at radius 3 is 2.60 bits per heavy atom. The Kier molecular flexibility index (Phi) is 1.67. The highest BCUT2D eigenvalue weighted by atomic mass is 32.1. The van der Waals surface area contributed by atoms with E-state index in [4.69, 9.17) is 12.2 Å². The van der Waals surface area contributed by atoms with Crippen molar-refractivity contribution in [2.45, 2.75) is 13.8 Å². The number of hydrogen-bond donors (Lipinski definition) is 1. The minimum Gasteiger partial charge on any atom is -0.276 e. The summed E-state index contributed by atoms with van der Waals surface area (Å²) in [4.78, 5) is 14.5. The zero-order valence-electron chi connectivity index (χ0n) is 5.71. The van der Waals surface area contributed by atoms with Gasteiger partial charge in [-0.25, -0.2) is 4.98 Å². The molecular formula is C5H7N3OS. The number of hydrogen-bond acceptors (Lipinski definition) is 3. The van der Waals surface area contributed by atoms with Crippen LogP contribution in [-0.2, 0) is 0 Å². The molecular weight excluding hydrogens is 150 g/mol. The van der Waals surface area contributed by atoms with Gasteiger partial charge in [-0.2, -0.15) is 4.68 Å². The van der Waals surface area contributed by atoms with Crippen LogP contribution in [0.15, 0.2) is 0 Å². The predicted octanol–water partition coefficient (Wildman–Crippen LogP) is 0.909. The van der Waals surface area contributed by atoms with E-state index >= 15 is 0 Å². The van der Waals surface area contributed by atoms with Gasteiger partial charge in [-0.1, -0.05) is 0 Å². The molecule has 0 aromatic carbocycles. The summed E-state index contributed by atoms with van der Waals surface area (Å²) in [7, 11) is 0. The van der Waals surface area contributed by atoms with E-state index < -0.39 is 0 Å². The average Bonchev–Trinajstić information content (AvgIpc) is 2.10. The Labute approximate surface area is 62.9 Å². The lowest BCUT2D eigenvalue weighted by Gasteiger charge is -1.89. The lowest BCUT2D eigenvalue weighted by molar-refractivity contribution is 0.0918. The summed E-state index contributed by atoms with van der Waals surface area (Å²) in [6.07, 6.45) is 0. The van der Waals surface area contributed by atoms with E-state index in [1.807, 2.05) is 0 Å². The molecule has 54 valence electrons. The van der Waals surface area contributed by atoms with Crippen molar-refractivity contribution in [2.75, 3.05) is 0 Å². The van der Waals surface area contributed by atoms with Crippen molar-refractivity contribution in [3.63, 3.8) is 0 Å². The Morgan fingerprint density at radius 2 is 2.40 bits per heavy atom. The summed E-state index contributed by atoms with van der Waals surface area (Å²) in [5.41, 5.74) is 0. The van der Waals surface area contributed by atoms with E-state index in [0.717, 1.165) is 0 Å². The fraction of sp³-hybridized carbons (Fsp3) is 0.400. The van der Waals surface area contributed by atoms with Crippen LogP contribution >= 0.6 is 12.2 Å². The molecule has 1 aromatic rings. The van der Waals surface area contributed by atoms with Crippen LogP contribution in [0.3, 0.4) is 0 Å². The molecule has 0 radical (unpaired) electrons. The molecule has 0 amide bonds. The number of nitrogens with zero attached hydrogens (tertiary/aromatic N) is 2. The second-order valence-corrected chi connectivity index (χ2v) is 2.31. The van der Waals surface area contributed by atoms with Gasteiger partial charge in [0.25, 0.3) is 0 Å². The third-order valence-electron chi connectivity index (χ3n) is 1.04. The second-order valence-electron chi connectivity index (χ2n) is 1.95. The van der Waals surface area contributed by atoms with Crippen molar-refractivity contribution in [1.29, 1.82) is 0 Å². The Morgan fingerprint density at radius 1 is 1.80 bits per heavy atom. The zero-order valence-corrected chi connectivity index (χ0v) is 6.53. The van der Waals surface area contributed by atoms with Crippen LogP contribution < -0.4 is 0 Å².